The Hall–Kier alpha value is -6.38. The summed E-state index contributed by atoms with van der Waals surface area (Å²) < 4.78 is 5.51. The zero-order chi connectivity index (χ0) is 42.5. The Morgan fingerprint density at radius 2 is 1.56 bits per heavy atom. The van der Waals surface area contributed by atoms with E-state index in [-0.39, 0.29) is 57.3 Å². The Morgan fingerprint density at radius 1 is 0.847 bits per heavy atom. The lowest BCUT2D eigenvalue weighted by molar-refractivity contribution is -0.138. The van der Waals surface area contributed by atoms with Crippen LogP contribution in [0.3, 0.4) is 0 Å². The first kappa shape index (κ1) is 43.7. The molecule has 0 saturated carbocycles. The molecule has 5 rings (SSSR count). The van der Waals surface area contributed by atoms with Gasteiger partial charge in [0.05, 0.1) is 0 Å². The Bertz CT molecular complexity index is 2100. The van der Waals surface area contributed by atoms with Crippen LogP contribution in [-0.4, -0.2) is 100 Å². The standard InChI is InChI=1S/C44H56N8O7/c1-29-14-8-10-18-33(29)49-42(57)46-22-13-12-20-35(41(56)51-23-21-38(53)52(25-24-51)37(39(45)54)26-30-15-6-5-7-16-30)48-40(55)36(50-43(58)59-44(2,3)4)27-31-28-47-34-19-11-9-17-32(31)34/h5-11,14-19,28,35-37,47H,12-13,20-27H2,1-4H3,(H2,45,54)(H,48,55)(H,50,58)(H2,46,49,57)/t35-,36-,37-/m0/s1. The zero-order valence-corrected chi connectivity index (χ0v) is 34.2. The SMILES string of the molecule is Cc1ccccc1NC(=O)NCCCC[C@H](NC(=O)[C@H](Cc1c[nH]c2ccccc12)NC(=O)OC(C)(C)C)C(=O)N1CCC(=O)N([C@@H](Cc2ccccc2)C(N)=O)CC1. The van der Waals surface area contributed by atoms with Crippen LogP contribution in [0.1, 0.15) is 63.1 Å². The number of nitrogens with zero attached hydrogens (tertiary/aromatic N) is 2. The van der Waals surface area contributed by atoms with Crippen LogP contribution in [0.5, 0.6) is 0 Å². The summed E-state index contributed by atoms with van der Waals surface area (Å²) in [6, 6.07) is 20.8. The molecule has 0 unspecified atom stereocenters. The fourth-order valence-corrected chi connectivity index (χ4v) is 7.08. The maximum absolute atomic E-state index is 14.4. The number of anilines is 1. The molecule has 7 N–H and O–H groups in total. The van der Waals surface area contributed by atoms with E-state index in [9.17, 15) is 28.8 Å². The molecule has 15 nitrogen and oxygen atoms in total. The van der Waals surface area contributed by atoms with E-state index >= 15 is 0 Å². The quantitative estimate of drug-likeness (QED) is 0.0890. The number of hydrogen-bond donors (Lipinski definition) is 6. The second-order valence-corrected chi connectivity index (χ2v) is 15.8. The second-order valence-electron chi connectivity index (χ2n) is 15.8. The minimum Gasteiger partial charge on any atom is -0.444 e. The lowest BCUT2D eigenvalue weighted by Crippen LogP contribution is -2.56. The van der Waals surface area contributed by atoms with E-state index in [2.05, 4.69) is 26.3 Å². The summed E-state index contributed by atoms with van der Waals surface area (Å²) in [5.41, 5.74) is 9.07. The van der Waals surface area contributed by atoms with Gasteiger partial charge < -0.3 is 46.5 Å². The molecule has 314 valence electrons. The third-order valence-corrected chi connectivity index (χ3v) is 10.1. The molecule has 4 aromatic rings. The number of amides is 7. The molecule has 0 aliphatic carbocycles. The number of fused-ring (bicyclic) bond motifs is 1. The van der Waals surface area contributed by atoms with Crippen LogP contribution in [0.2, 0.25) is 0 Å². The summed E-state index contributed by atoms with van der Waals surface area (Å²) in [5.74, 6) is -1.97. The Labute approximate surface area is 344 Å². The highest BCUT2D eigenvalue weighted by Gasteiger charge is 2.35. The molecule has 1 aliphatic rings. The summed E-state index contributed by atoms with van der Waals surface area (Å²) in [5, 5.41) is 12.2. The molecule has 3 aromatic carbocycles. The first-order chi connectivity index (χ1) is 28.2. The number of aromatic nitrogens is 1. The van der Waals surface area contributed by atoms with E-state index in [1.807, 2.05) is 85.8 Å². The van der Waals surface area contributed by atoms with Gasteiger partial charge in [0, 0.05) is 68.2 Å². The predicted molar refractivity (Wildman–Crippen MR) is 225 cm³/mol. The van der Waals surface area contributed by atoms with E-state index in [4.69, 9.17) is 10.5 Å². The van der Waals surface area contributed by atoms with Gasteiger partial charge in [-0.3, -0.25) is 19.2 Å². The zero-order valence-electron chi connectivity index (χ0n) is 34.2. The van der Waals surface area contributed by atoms with Gasteiger partial charge in [0.1, 0.15) is 23.7 Å². The van der Waals surface area contributed by atoms with E-state index in [1.165, 1.54) is 9.80 Å². The smallest absolute Gasteiger partial charge is 0.408 e. The summed E-state index contributed by atoms with van der Waals surface area (Å²) in [4.78, 5) is 86.6. The second kappa shape index (κ2) is 20.4. The van der Waals surface area contributed by atoms with Crippen LogP contribution in [-0.2, 0) is 36.8 Å². The van der Waals surface area contributed by atoms with Gasteiger partial charge >= 0.3 is 12.1 Å². The molecule has 0 bridgehead atoms. The van der Waals surface area contributed by atoms with Crippen LogP contribution in [0.15, 0.2) is 85.1 Å². The van der Waals surface area contributed by atoms with Crippen molar-refractivity contribution in [1.29, 1.82) is 0 Å². The molecule has 1 aliphatic heterocycles. The number of nitrogens with two attached hydrogens (primary N) is 1. The number of urea groups is 1. The van der Waals surface area contributed by atoms with E-state index in [1.54, 1.807) is 27.0 Å². The normalized spacial score (nSPS) is 14.7. The average molecular weight is 809 g/mol. The maximum atomic E-state index is 14.4. The van der Waals surface area contributed by atoms with Crippen LogP contribution in [0.4, 0.5) is 15.3 Å². The fraction of sp³-hybridized carbons (Fsp3) is 0.409. The molecule has 7 amide bonds. The molecule has 59 heavy (non-hydrogen) atoms. The van der Waals surface area contributed by atoms with Gasteiger partial charge in [-0.05, 0) is 75.8 Å². The van der Waals surface area contributed by atoms with Gasteiger partial charge in [0.15, 0.2) is 0 Å². The van der Waals surface area contributed by atoms with Crippen molar-refractivity contribution in [2.24, 2.45) is 5.73 Å². The van der Waals surface area contributed by atoms with Gasteiger partial charge in [-0.25, -0.2) is 9.59 Å². The number of alkyl carbamates (subject to hydrolysis) is 1. The molecule has 0 radical (unpaired) electrons. The minimum atomic E-state index is -1.12. The lowest BCUT2D eigenvalue weighted by atomic mass is 10.0. The van der Waals surface area contributed by atoms with E-state index < -0.39 is 47.5 Å². The number of carbonyl (C=O) groups excluding carboxylic acids is 6. The molecule has 3 atom stereocenters. The Balaban J connectivity index is 1.32. The average Bonchev–Trinajstić information content (AvgIpc) is 3.50. The van der Waals surface area contributed by atoms with Crippen molar-refractivity contribution in [1.82, 2.24) is 30.7 Å². The first-order valence-electron chi connectivity index (χ1n) is 20.1. The van der Waals surface area contributed by atoms with E-state index in [0.717, 1.165) is 27.6 Å². The molecule has 15 heteroatoms. The maximum Gasteiger partial charge on any atom is 0.408 e. The Kier molecular flexibility index (Phi) is 15.1. The third-order valence-electron chi connectivity index (χ3n) is 10.1. The molecule has 1 fully saturated rings. The summed E-state index contributed by atoms with van der Waals surface area (Å²) in [7, 11) is 0. The molecule has 1 saturated heterocycles. The molecular weight excluding hydrogens is 753 g/mol. The van der Waals surface area contributed by atoms with Crippen molar-refractivity contribution >= 4 is 52.3 Å². The number of benzene rings is 3. The highest BCUT2D eigenvalue weighted by Crippen LogP contribution is 2.21. The number of ether oxygens (including phenoxy) is 1. The van der Waals surface area contributed by atoms with Crippen molar-refractivity contribution in [3.8, 4) is 0 Å². The van der Waals surface area contributed by atoms with Crippen molar-refractivity contribution in [2.45, 2.75) is 89.9 Å². The van der Waals surface area contributed by atoms with E-state index in [0.29, 0.717) is 25.1 Å². The largest absolute Gasteiger partial charge is 0.444 e. The first-order valence-corrected chi connectivity index (χ1v) is 20.1. The number of unbranched alkanes of at least 4 members (excludes halogenated alkanes) is 1. The van der Waals surface area contributed by atoms with Crippen molar-refractivity contribution < 1.29 is 33.5 Å². The summed E-state index contributed by atoms with van der Waals surface area (Å²) in [6.45, 7) is 7.59. The number of aryl methyl sites for hydroxylation is 1. The number of rotatable bonds is 16. The number of aromatic amines is 1. The fourth-order valence-electron chi connectivity index (χ4n) is 7.08. The monoisotopic (exact) mass is 808 g/mol. The van der Waals surface area contributed by atoms with Gasteiger partial charge in [0.25, 0.3) is 0 Å². The topological polar surface area (TPSA) is 208 Å². The number of primary amides is 1. The van der Waals surface area contributed by atoms with Crippen LogP contribution >= 0.6 is 0 Å². The van der Waals surface area contributed by atoms with Crippen molar-refractivity contribution in [2.75, 3.05) is 31.5 Å². The summed E-state index contributed by atoms with van der Waals surface area (Å²) >= 11 is 0. The number of para-hydroxylation sites is 2. The molecular formula is C44H56N8O7. The predicted octanol–water partition coefficient (Wildman–Crippen LogP) is 4.55. The highest BCUT2D eigenvalue weighted by molar-refractivity contribution is 5.93. The number of carbonyl (C=O) groups is 6. The van der Waals surface area contributed by atoms with Gasteiger partial charge in [-0.15, -0.1) is 0 Å². The van der Waals surface area contributed by atoms with Crippen LogP contribution < -0.4 is 27.0 Å². The summed E-state index contributed by atoms with van der Waals surface area (Å²) in [6.07, 6.45) is 2.39. The third kappa shape index (κ3) is 12.8. The van der Waals surface area contributed by atoms with Crippen LogP contribution in [0, 0.1) is 6.92 Å². The minimum absolute atomic E-state index is 0.0473. The number of H-pyrrole nitrogens is 1. The van der Waals surface area contributed by atoms with Gasteiger partial charge in [-0.2, -0.15) is 0 Å². The highest BCUT2D eigenvalue weighted by atomic mass is 16.6. The molecule has 1 aromatic heterocycles. The number of nitrogens with one attached hydrogen (secondary N) is 5. The Morgan fingerprint density at radius 3 is 2.29 bits per heavy atom. The molecule has 2 heterocycles. The lowest BCUT2D eigenvalue weighted by Gasteiger charge is -2.30. The van der Waals surface area contributed by atoms with Crippen LogP contribution in [0.25, 0.3) is 10.9 Å². The van der Waals surface area contributed by atoms with Crippen molar-refractivity contribution in [3.05, 3.63) is 102 Å². The molecule has 0 spiro atoms. The van der Waals surface area contributed by atoms with Crippen molar-refractivity contribution in [3.63, 3.8) is 0 Å². The van der Waals surface area contributed by atoms with Gasteiger partial charge in [0.2, 0.25) is 23.6 Å². The number of hydrogen-bond acceptors (Lipinski definition) is 7. The van der Waals surface area contributed by atoms with Gasteiger partial charge in [-0.1, -0.05) is 66.7 Å².